The van der Waals surface area contributed by atoms with Crippen molar-refractivity contribution in [2.24, 2.45) is 0 Å². The molecule has 1 amide bonds. The molecule has 3 heterocycles. The third-order valence-corrected chi connectivity index (χ3v) is 5.26. The van der Waals surface area contributed by atoms with Crippen LogP contribution in [0.5, 0.6) is 0 Å². The van der Waals surface area contributed by atoms with E-state index in [0.29, 0.717) is 5.69 Å². The number of benzene rings is 1. The fraction of sp³-hybridized carbons (Fsp3) is 0.250. The molecular formula is C20H20N4OS. The predicted molar refractivity (Wildman–Crippen MR) is 106 cm³/mol. The van der Waals surface area contributed by atoms with Gasteiger partial charge in [0, 0.05) is 41.6 Å². The molecule has 0 atom stereocenters. The average molecular weight is 364 g/mol. The van der Waals surface area contributed by atoms with E-state index in [0.717, 1.165) is 40.7 Å². The minimum atomic E-state index is -0.197. The molecule has 26 heavy (non-hydrogen) atoms. The molecule has 2 aromatic heterocycles. The zero-order valence-electron chi connectivity index (χ0n) is 14.6. The van der Waals surface area contributed by atoms with Crippen molar-refractivity contribution in [2.75, 3.05) is 23.3 Å². The molecule has 0 unspecified atom stereocenters. The van der Waals surface area contributed by atoms with E-state index in [1.807, 2.05) is 48.7 Å². The third-order valence-electron chi connectivity index (χ3n) is 4.48. The molecule has 4 rings (SSSR count). The lowest BCUT2D eigenvalue weighted by Gasteiger charge is -2.17. The Morgan fingerprint density at radius 3 is 2.81 bits per heavy atom. The van der Waals surface area contributed by atoms with E-state index in [1.165, 1.54) is 12.8 Å². The molecule has 0 aliphatic carbocycles. The number of aryl methyl sites for hydroxylation is 1. The van der Waals surface area contributed by atoms with E-state index in [4.69, 9.17) is 0 Å². The molecule has 1 N–H and O–H groups in total. The van der Waals surface area contributed by atoms with Crippen LogP contribution in [-0.4, -0.2) is 29.0 Å². The van der Waals surface area contributed by atoms with Gasteiger partial charge in [-0.05, 0) is 44.0 Å². The lowest BCUT2D eigenvalue weighted by Crippen LogP contribution is -2.19. The summed E-state index contributed by atoms with van der Waals surface area (Å²) in [6.45, 7) is 4.07. The van der Waals surface area contributed by atoms with Crippen LogP contribution in [0.15, 0.2) is 48.0 Å². The molecule has 1 aliphatic heterocycles. The van der Waals surface area contributed by atoms with Crippen molar-refractivity contribution in [3.8, 4) is 11.3 Å². The minimum absolute atomic E-state index is 0.197. The van der Waals surface area contributed by atoms with Gasteiger partial charge in [-0.2, -0.15) is 0 Å². The Morgan fingerprint density at radius 2 is 2.04 bits per heavy atom. The zero-order chi connectivity index (χ0) is 17.9. The Kier molecular flexibility index (Phi) is 4.67. The highest BCUT2D eigenvalue weighted by Gasteiger charge is 2.15. The second-order valence-corrected chi connectivity index (χ2v) is 7.44. The van der Waals surface area contributed by atoms with Crippen molar-refractivity contribution in [1.82, 2.24) is 9.97 Å². The van der Waals surface area contributed by atoms with Gasteiger partial charge < -0.3 is 10.2 Å². The Bertz CT molecular complexity index is 931. The standard InChI is InChI=1S/C20H20N4OS/c1-14-22-19(13-26-14)15-5-4-6-16(11-15)23-20(25)18-12-17(7-8-21-18)24-9-2-3-10-24/h4-8,11-13H,2-3,9-10H2,1H3,(H,23,25). The summed E-state index contributed by atoms with van der Waals surface area (Å²) in [4.78, 5) is 23.7. The predicted octanol–water partition coefficient (Wildman–Crippen LogP) is 4.37. The van der Waals surface area contributed by atoms with Gasteiger partial charge in [-0.3, -0.25) is 9.78 Å². The number of carbonyl (C=O) groups excluding carboxylic acids is 1. The summed E-state index contributed by atoms with van der Waals surface area (Å²) in [6.07, 6.45) is 4.11. The monoisotopic (exact) mass is 364 g/mol. The van der Waals surface area contributed by atoms with Crippen LogP contribution >= 0.6 is 11.3 Å². The summed E-state index contributed by atoms with van der Waals surface area (Å²) < 4.78 is 0. The van der Waals surface area contributed by atoms with Gasteiger partial charge in [-0.25, -0.2) is 4.98 Å². The fourth-order valence-electron chi connectivity index (χ4n) is 3.16. The van der Waals surface area contributed by atoms with Crippen molar-refractivity contribution in [2.45, 2.75) is 19.8 Å². The second kappa shape index (κ2) is 7.25. The van der Waals surface area contributed by atoms with Gasteiger partial charge in [0.05, 0.1) is 10.7 Å². The summed E-state index contributed by atoms with van der Waals surface area (Å²) in [7, 11) is 0. The Labute approximate surface area is 156 Å². The largest absolute Gasteiger partial charge is 0.371 e. The maximum atomic E-state index is 12.6. The van der Waals surface area contributed by atoms with Crippen molar-refractivity contribution >= 4 is 28.6 Å². The molecule has 1 fully saturated rings. The molecule has 0 radical (unpaired) electrons. The minimum Gasteiger partial charge on any atom is -0.371 e. The number of aromatic nitrogens is 2. The summed E-state index contributed by atoms with van der Waals surface area (Å²) in [6, 6.07) is 11.6. The SMILES string of the molecule is Cc1nc(-c2cccc(NC(=O)c3cc(N4CCCC4)ccn3)c2)cs1. The number of thiazole rings is 1. The van der Waals surface area contributed by atoms with E-state index in [2.05, 4.69) is 20.2 Å². The molecule has 0 bridgehead atoms. The normalized spacial score (nSPS) is 13.8. The number of rotatable bonds is 4. The average Bonchev–Trinajstić information content (AvgIpc) is 3.34. The van der Waals surface area contributed by atoms with Gasteiger partial charge in [0.2, 0.25) is 0 Å². The number of amides is 1. The van der Waals surface area contributed by atoms with Crippen molar-refractivity contribution in [1.29, 1.82) is 0 Å². The molecule has 5 nitrogen and oxygen atoms in total. The van der Waals surface area contributed by atoms with Crippen molar-refractivity contribution in [3.63, 3.8) is 0 Å². The number of hydrogen-bond donors (Lipinski definition) is 1. The van der Waals surface area contributed by atoms with Gasteiger partial charge in [0.15, 0.2) is 0 Å². The molecule has 0 spiro atoms. The first-order valence-corrected chi connectivity index (χ1v) is 9.62. The summed E-state index contributed by atoms with van der Waals surface area (Å²) in [5.74, 6) is -0.197. The number of nitrogens with zero attached hydrogens (tertiary/aromatic N) is 3. The highest BCUT2D eigenvalue weighted by atomic mass is 32.1. The smallest absolute Gasteiger partial charge is 0.274 e. The van der Waals surface area contributed by atoms with Crippen LogP contribution in [0.4, 0.5) is 11.4 Å². The van der Waals surface area contributed by atoms with E-state index in [1.54, 1.807) is 17.5 Å². The van der Waals surface area contributed by atoms with Crippen LogP contribution in [0.3, 0.4) is 0 Å². The Balaban J connectivity index is 1.52. The first-order chi connectivity index (χ1) is 12.7. The van der Waals surface area contributed by atoms with Crippen LogP contribution in [-0.2, 0) is 0 Å². The maximum Gasteiger partial charge on any atom is 0.274 e. The summed E-state index contributed by atoms with van der Waals surface area (Å²) in [5.41, 5.74) is 4.16. The van der Waals surface area contributed by atoms with Crippen LogP contribution < -0.4 is 10.2 Å². The quantitative estimate of drug-likeness (QED) is 0.747. The number of pyridine rings is 1. The molecular weight excluding hydrogens is 344 g/mol. The van der Waals surface area contributed by atoms with E-state index in [-0.39, 0.29) is 5.91 Å². The molecule has 6 heteroatoms. The van der Waals surface area contributed by atoms with E-state index < -0.39 is 0 Å². The molecule has 1 aromatic carbocycles. The first kappa shape index (κ1) is 16.7. The van der Waals surface area contributed by atoms with Crippen LogP contribution in [0.25, 0.3) is 11.3 Å². The van der Waals surface area contributed by atoms with Gasteiger partial charge >= 0.3 is 0 Å². The number of nitrogens with one attached hydrogen (secondary N) is 1. The Morgan fingerprint density at radius 1 is 1.19 bits per heavy atom. The Hall–Kier alpha value is -2.73. The lowest BCUT2D eigenvalue weighted by atomic mass is 10.1. The van der Waals surface area contributed by atoms with Crippen LogP contribution in [0, 0.1) is 6.92 Å². The zero-order valence-corrected chi connectivity index (χ0v) is 15.4. The second-order valence-electron chi connectivity index (χ2n) is 6.38. The van der Waals surface area contributed by atoms with Crippen molar-refractivity contribution in [3.05, 3.63) is 58.7 Å². The number of carbonyl (C=O) groups is 1. The molecule has 132 valence electrons. The topological polar surface area (TPSA) is 58.1 Å². The summed E-state index contributed by atoms with van der Waals surface area (Å²) in [5, 5.41) is 6.00. The number of hydrogen-bond acceptors (Lipinski definition) is 5. The van der Waals surface area contributed by atoms with Crippen molar-refractivity contribution < 1.29 is 4.79 Å². The number of anilines is 2. The van der Waals surface area contributed by atoms with Crippen LogP contribution in [0.1, 0.15) is 28.3 Å². The van der Waals surface area contributed by atoms with E-state index in [9.17, 15) is 4.79 Å². The lowest BCUT2D eigenvalue weighted by molar-refractivity contribution is 0.102. The first-order valence-electron chi connectivity index (χ1n) is 8.74. The molecule has 1 aliphatic rings. The van der Waals surface area contributed by atoms with Gasteiger partial charge in [-0.15, -0.1) is 11.3 Å². The van der Waals surface area contributed by atoms with E-state index >= 15 is 0 Å². The fourth-order valence-corrected chi connectivity index (χ4v) is 3.79. The van der Waals surface area contributed by atoms with Gasteiger partial charge in [0.1, 0.15) is 5.69 Å². The summed E-state index contributed by atoms with van der Waals surface area (Å²) >= 11 is 1.62. The molecule has 0 saturated carbocycles. The van der Waals surface area contributed by atoms with Gasteiger partial charge in [-0.1, -0.05) is 12.1 Å². The highest BCUT2D eigenvalue weighted by Crippen LogP contribution is 2.25. The third kappa shape index (κ3) is 3.60. The van der Waals surface area contributed by atoms with Gasteiger partial charge in [0.25, 0.3) is 5.91 Å². The highest BCUT2D eigenvalue weighted by molar-refractivity contribution is 7.09. The van der Waals surface area contributed by atoms with Crippen LogP contribution in [0.2, 0.25) is 0 Å². The molecule has 1 saturated heterocycles. The maximum absolute atomic E-state index is 12.6. The molecule has 3 aromatic rings.